The molecule has 2 aliphatic rings. The number of hydrogen-bond donors (Lipinski definition) is 1. The monoisotopic (exact) mass is 360 g/mol. The highest BCUT2D eigenvalue weighted by atomic mass is 32.2. The molecule has 1 unspecified atom stereocenters. The third kappa shape index (κ3) is 5.15. The maximum atomic E-state index is 12.7. The molecule has 0 radical (unpaired) electrons. The zero-order valence-corrected chi connectivity index (χ0v) is 16.0. The molecule has 0 aromatic carbocycles. The van der Waals surface area contributed by atoms with Crippen molar-refractivity contribution in [1.29, 1.82) is 0 Å². The van der Waals surface area contributed by atoms with Crippen molar-refractivity contribution in [1.82, 2.24) is 18.8 Å². The molecule has 0 aromatic rings. The van der Waals surface area contributed by atoms with Crippen molar-refractivity contribution in [2.75, 3.05) is 45.8 Å². The third-order valence-corrected chi connectivity index (χ3v) is 7.15. The van der Waals surface area contributed by atoms with Crippen LogP contribution in [0.2, 0.25) is 0 Å². The molecule has 0 bridgehead atoms. The molecule has 2 heterocycles. The second kappa shape index (κ2) is 8.60. The van der Waals surface area contributed by atoms with Gasteiger partial charge in [-0.3, -0.25) is 9.69 Å². The van der Waals surface area contributed by atoms with E-state index in [4.69, 9.17) is 0 Å². The number of piperazine rings is 1. The predicted molar refractivity (Wildman–Crippen MR) is 94.8 cm³/mol. The largest absolute Gasteiger partial charge is 0.353 e. The first-order valence-electron chi connectivity index (χ1n) is 9.09. The van der Waals surface area contributed by atoms with Gasteiger partial charge in [-0.25, -0.2) is 0 Å². The first kappa shape index (κ1) is 19.6. The van der Waals surface area contributed by atoms with Gasteiger partial charge in [-0.1, -0.05) is 13.8 Å². The van der Waals surface area contributed by atoms with E-state index in [0.29, 0.717) is 51.7 Å². The molecular formula is C16H32N4O3S. The molecule has 0 spiro atoms. The molecule has 140 valence electrons. The number of rotatable bonds is 6. The van der Waals surface area contributed by atoms with Crippen molar-refractivity contribution in [3.8, 4) is 0 Å². The van der Waals surface area contributed by atoms with Gasteiger partial charge < -0.3 is 5.32 Å². The Morgan fingerprint density at radius 3 is 2.17 bits per heavy atom. The summed E-state index contributed by atoms with van der Waals surface area (Å²) in [5.41, 5.74) is 0. The van der Waals surface area contributed by atoms with Crippen LogP contribution >= 0.6 is 0 Å². The zero-order chi connectivity index (χ0) is 17.7. The van der Waals surface area contributed by atoms with E-state index in [0.717, 1.165) is 19.3 Å². The molecular weight excluding hydrogens is 328 g/mol. The number of nitrogens with one attached hydrogen (secondary N) is 1. The standard InChI is InChI=1S/C16H32N4O3S/c1-4-15(3)17-16(21)13-18-9-11-20(12-10-18)24(22,23)19-7-5-14(2)6-8-19/h14-15H,4-13H2,1-3H3,(H,17,21). The molecule has 1 atom stereocenters. The Morgan fingerprint density at radius 2 is 1.62 bits per heavy atom. The lowest BCUT2D eigenvalue weighted by Gasteiger charge is -2.38. The van der Waals surface area contributed by atoms with Crippen LogP contribution in [0.3, 0.4) is 0 Å². The van der Waals surface area contributed by atoms with E-state index in [1.54, 1.807) is 8.61 Å². The van der Waals surface area contributed by atoms with Crippen LogP contribution in [0.4, 0.5) is 0 Å². The lowest BCUT2D eigenvalue weighted by molar-refractivity contribution is -0.123. The summed E-state index contributed by atoms with van der Waals surface area (Å²) in [7, 11) is -3.34. The van der Waals surface area contributed by atoms with Gasteiger partial charge in [0.1, 0.15) is 0 Å². The average molecular weight is 361 g/mol. The first-order valence-corrected chi connectivity index (χ1v) is 10.5. The van der Waals surface area contributed by atoms with E-state index in [-0.39, 0.29) is 11.9 Å². The third-order valence-electron chi connectivity index (χ3n) is 5.11. The Balaban J connectivity index is 1.80. The molecule has 0 aromatic heterocycles. The number of carbonyl (C=O) groups is 1. The fraction of sp³-hybridized carbons (Fsp3) is 0.938. The van der Waals surface area contributed by atoms with Gasteiger partial charge in [-0.15, -0.1) is 0 Å². The summed E-state index contributed by atoms with van der Waals surface area (Å²) in [5, 5.41) is 2.95. The van der Waals surface area contributed by atoms with Crippen molar-refractivity contribution < 1.29 is 13.2 Å². The van der Waals surface area contributed by atoms with Crippen LogP contribution in [0, 0.1) is 5.92 Å². The quantitative estimate of drug-likeness (QED) is 0.748. The van der Waals surface area contributed by atoms with Gasteiger partial charge in [0.15, 0.2) is 0 Å². The molecule has 1 amide bonds. The second-order valence-corrected chi connectivity index (χ2v) is 9.07. The average Bonchev–Trinajstić information content (AvgIpc) is 2.55. The fourth-order valence-corrected chi connectivity index (χ4v) is 4.75. The van der Waals surface area contributed by atoms with Gasteiger partial charge >= 0.3 is 0 Å². The van der Waals surface area contributed by atoms with Crippen LogP contribution in [-0.2, 0) is 15.0 Å². The predicted octanol–water partition coefficient (Wildman–Crippen LogP) is 0.495. The SMILES string of the molecule is CCC(C)NC(=O)CN1CCN(S(=O)(=O)N2CCC(C)CC2)CC1. The van der Waals surface area contributed by atoms with Crippen LogP contribution < -0.4 is 5.32 Å². The summed E-state index contributed by atoms with van der Waals surface area (Å²) >= 11 is 0. The van der Waals surface area contributed by atoms with Crippen LogP contribution in [0.25, 0.3) is 0 Å². The van der Waals surface area contributed by atoms with Gasteiger partial charge in [-0.05, 0) is 32.1 Å². The molecule has 2 fully saturated rings. The minimum absolute atomic E-state index is 0.0191. The van der Waals surface area contributed by atoms with Gasteiger partial charge in [0.05, 0.1) is 6.54 Å². The van der Waals surface area contributed by atoms with Crippen molar-refractivity contribution >= 4 is 16.1 Å². The minimum Gasteiger partial charge on any atom is -0.353 e. The topological polar surface area (TPSA) is 73.0 Å². The fourth-order valence-electron chi connectivity index (χ4n) is 3.12. The lowest BCUT2D eigenvalue weighted by Crippen LogP contribution is -2.55. The molecule has 8 heteroatoms. The number of carbonyl (C=O) groups excluding carboxylic acids is 1. The number of amides is 1. The van der Waals surface area contributed by atoms with Crippen molar-refractivity contribution in [2.45, 2.75) is 46.1 Å². The highest BCUT2D eigenvalue weighted by Gasteiger charge is 2.34. The number of hydrogen-bond acceptors (Lipinski definition) is 4. The van der Waals surface area contributed by atoms with Crippen LogP contribution in [0.5, 0.6) is 0 Å². The van der Waals surface area contributed by atoms with E-state index in [2.05, 4.69) is 12.2 Å². The molecule has 2 rings (SSSR count). The number of piperidine rings is 1. The molecule has 2 saturated heterocycles. The van der Waals surface area contributed by atoms with Crippen LogP contribution in [0.15, 0.2) is 0 Å². The minimum atomic E-state index is -3.34. The molecule has 2 aliphatic heterocycles. The Bertz CT molecular complexity index is 509. The Hall–Kier alpha value is -0.700. The summed E-state index contributed by atoms with van der Waals surface area (Å²) in [6, 6.07) is 0.181. The molecule has 24 heavy (non-hydrogen) atoms. The molecule has 7 nitrogen and oxygen atoms in total. The van der Waals surface area contributed by atoms with Gasteiger partial charge in [-0.2, -0.15) is 17.0 Å². The van der Waals surface area contributed by atoms with E-state index in [1.807, 2.05) is 18.7 Å². The van der Waals surface area contributed by atoms with E-state index in [1.165, 1.54) is 0 Å². The Kier molecular flexibility index (Phi) is 7.03. The van der Waals surface area contributed by atoms with Crippen LogP contribution in [0.1, 0.15) is 40.0 Å². The first-order chi connectivity index (χ1) is 11.3. The van der Waals surface area contributed by atoms with E-state index >= 15 is 0 Å². The van der Waals surface area contributed by atoms with E-state index < -0.39 is 10.2 Å². The van der Waals surface area contributed by atoms with Crippen molar-refractivity contribution in [3.05, 3.63) is 0 Å². The molecule has 0 saturated carbocycles. The summed E-state index contributed by atoms with van der Waals surface area (Å²) in [5.74, 6) is 0.628. The lowest BCUT2D eigenvalue weighted by atomic mass is 10.0. The van der Waals surface area contributed by atoms with Gasteiger partial charge in [0, 0.05) is 45.3 Å². The van der Waals surface area contributed by atoms with Crippen LogP contribution in [-0.4, -0.2) is 79.7 Å². The maximum absolute atomic E-state index is 12.7. The molecule has 0 aliphatic carbocycles. The van der Waals surface area contributed by atoms with Crippen molar-refractivity contribution in [2.24, 2.45) is 5.92 Å². The van der Waals surface area contributed by atoms with E-state index in [9.17, 15) is 13.2 Å². The maximum Gasteiger partial charge on any atom is 0.282 e. The van der Waals surface area contributed by atoms with Crippen molar-refractivity contribution in [3.63, 3.8) is 0 Å². The zero-order valence-electron chi connectivity index (χ0n) is 15.2. The smallest absolute Gasteiger partial charge is 0.282 e. The number of nitrogens with zero attached hydrogens (tertiary/aromatic N) is 3. The van der Waals surface area contributed by atoms with Gasteiger partial charge in [0.25, 0.3) is 10.2 Å². The van der Waals surface area contributed by atoms with Gasteiger partial charge in [0.2, 0.25) is 5.91 Å². The summed E-state index contributed by atoms with van der Waals surface area (Å²) < 4.78 is 28.6. The Labute approximate surface area is 146 Å². The normalized spacial score (nSPS) is 24.0. The second-order valence-electron chi connectivity index (χ2n) is 7.14. The summed E-state index contributed by atoms with van der Waals surface area (Å²) in [6.07, 6.45) is 2.79. The summed E-state index contributed by atoms with van der Waals surface area (Å²) in [4.78, 5) is 14.0. The summed E-state index contributed by atoms with van der Waals surface area (Å²) in [6.45, 7) is 9.94. The highest BCUT2D eigenvalue weighted by Crippen LogP contribution is 2.21. The highest BCUT2D eigenvalue weighted by molar-refractivity contribution is 7.86. The Morgan fingerprint density at radius 1 is 1.08 bits per heavy atom. The molecule has 1 N–H and O–H groups in total.